The summed E-state index contributed by atoms with van der Waals surface area (Å²) in [4.78, 5) is 24.6. The molecule has 0 bridgehead atoms. The number of carbonyl (C=O) groups is 2. The molecule has 0 aromatic carbocycles. The highest BCUT2D eigenvalue weighted by atomic mass is 32.2. The maximum Gasteiger partial charge on any atom is 0.305 e. The van der Waals surface area contributed by atoms with E-state index >= 15 is 0 Å². The van der Waals surface area contributed by atoms with Crippen LogP contribution in [0.15, 0.2) is 44.3 Å². The number of hydrogen-bond acceptors (Lipinski definition) is 6. The molecule has 0 spiro atoms. The average molecular weight is 349 g/mol. The zero-order chi connectivity index (χ0) is 16.4. The number of nitrogens with zero attached hydrogens (tertiary/aromatic N) is 1. The summed E-state index contributed by atoms with van der Waals surface area (Å²) in [7, 11) is 0. The molecule has 1 fully saturated rings. The summed E-state index contributed by atoms with van der Waals surface area (Å²) in [5, 5.41) is 8.71. The van der Waals surface area contributed by atoms with Gasteiger partial charge in [-0.15, -0.1) is 0 Å². The molecule has 8 heteroatoms. The second-order valence-electron chi connectivity index (χ2n) is 4.66. The van der Waals surface area contributed by atoms with Gasteiger partial charge in [0.1, 0.15) is 10.1 Å². The Morgan fingerprint density at radius 3 is 2.87 bits per heavy atom. The lowest BCUT2D eigenvalue weighted by Gasteiger charge is -2.12. The predicted molar refractivity (Wildman–Crippen MR) is 88.5 cm³/mol. The van der Waals surface area contributed by atoms with E-state index in [1.165, 1.54) is 4.90 Å². The number of aliphatic carboxylic acids is 1. The van der Waals surface area contributed by atoms with Crippen LogP contribution in [0.25, 0.3) is 17.6 Å². The molecule has 118 valence electrons. The maximum atomic E-state index is 12.3. The lowest BCUT2D eigenvalue weighted by atomic mass is 10.3. The Hall–Kier alpha value is -2.32. The number of carbonyl (C=O) groups excluding carboxylic acids is 1. The smallest absolute Gasteiger partial charge is 0.305 e. The summed E-state index contributed by atoms with van der Waals surface area (Å²) in [5.41, 5.74) is 0. The van der Waals surface area contributed by atoms with E-state index in [0.29, 0.717) is 26.5 Å². The molecule has 1 aliphatic rings. The number of furan rings is 2. The molecule has 1 amide bonds. The second kappa shape index (κ2) is 6.43. The van der Waals surface area contributed by atoms with Gasteiger partial charge in [-0.3, -0.25) is 14.5 Å². The highest BCUT2D eigenvalue weighted by molar-refractivity contribution is 8.26. The van der Waals surface area contributed by atoms with Crippen molar-refractivity contribution in [2.24, 2.45) is 0 Å². The largest absolute Gasteiger partial charge is 0.481 e. The zero-order valence-corrected chi connectivity index (χ0v) is 13.4. The van der Waals surface area contributed by atoms with Crippen LogP contribution in [-0.4, -0.2) is 32.7 Å². The van der Waals surface area contributed by atoms with Crippen LogP contribution in [0.5, 0.6) is 0 Å². The van der Waals surface area contributed by atoms with Crippen molar-refractivity contribution < 1.29 is 23.5 Å². The first-order valence-corrected chi connectivity index (χ1v) is 7.88. The van der Waals surface area contributed by atoms with Crippen LogP contribution in [0.1, 0.15) is 12.2 Å². The summed E-state index contributed by atoms with van der Waals surface area (Å²) in [6.07, 6.45) is 2.99. The van der Waals surface area contributed by atoms with Gasteiger partial charge in [0.05, 0.1) is 17.6 Å². The second-order valence-corrected chi connectivity index (χ2v) is 6.33. The summed E-state index contributed by atoms with van der Waals surface area (Å²) in [6.45, 7) is 0.0626. The molecule has 0 aliphatic carbocycles. The van der Waals surface area contributed by atoms with Crippen molar-refractivity contribution in [1.82, 2.24) is 4.90 Å². The topological polar surface area (TPSA) is 83.9 Å². The minimum absolute atomic E-state index is 0.0626. The molecular weight excluding hydrogens is 338 g/mol. The van der Waals surface area contributed by atoms with E-state index in [1.54, 1.807) is 36.6 Å². The molecule has 0 saturated carbocycles. The standard InChI is InChI=1S/C15H11NO5S2/c17-13(18)5-6-16-14(19)12(23-15(16)22)8-9-3-4-11(21-9)10-2-1-7-20-10/h1-4,7-8H,5-6H2,(H,17,18). The number of thiocarbonyl (C=S) groups is 1. The number of thioether (sulfide) groups is 1. The fourth-order valence-electron chi connectivity index (χ4n) is 2.01. The van der Waals surface area contributed by atoms with Gasteiger partial charge in [-0.1, -0.05) is 24.0 Å². The first-order valence-electron chi connectivity index (χ1n) is 6.65. The van der Waals surface area contributed by atoms with Crippen molar-refractivity contribution >= 4 is 46.3 Å². The van der Waals surface area contributed by atoms with Gasteiger partial charge in [0, 0.05) is 12.6 Å². The van der Waals surface area contributed by atoms with Gasteiger partial charge in [0.15, 0.2) is 11.5 Å². The lowest BCUT2D eigenvalue weighted by molar-refractivity contribution is -0.137. The molecule has 1 N–H and O–H groups in total. The van der Waals surface area contributed by atoms with Crippen molar-refractivity contribution in [2.45, 2.75) is 6.42 Å². The Labute approximate surface area is 140 Å². The molecular formula is C15H11NO5S2. The minimum atomic E-state index is -0.975. The molecule has 0 radical (unpaired) electrons. The van der Waals surface area contributed by atoms with E-state index in [-0.39, 0.29) is 18.9 Å². The number of rotatable bonds is 5. The van der Waals surface area contributed by atoms with E-state index < -0.39 is 5.97 Å². The first kappa shape index (κ1) is 15.6. The molecule has 3 rings (SSSR count). The van der Waals surface area contributed by atoms with Crippen LogP contribution in [0.4, 0.5) is 0 Å². The van der Waals surface area contributed by atoms with Crippen LogP contribution < -0.4 is 0 Å². The van der Waals surface area contributed by atoms with Crippen molar-refractivity contribution in [3.05, 3.63) is 41.2 Å². The van der Waals surface area contributed by atoms with Crippen molar-refractivity contribution in [3.63, 3.8) is 0 Å². The summed E-state index contributed by atoms with van der Waals surface area (Å²) in [5.74, 6) is 0.366. The fourth-order valence-corrected chi connectivity index (χ4v) is 3.30. The molecule has 1 saturated heterocycles. The van der Waals surface area contributed by atoms with Gasteiger partial charge < -0.3 is 13.9 Å². The zero-order valence-electron chi connectivity index (χ0n) is 11.7. The molecule has 0 atom stereocenters. The van der Waals surface area contributed by atoms with E-state index in [4.69, 9.17) is 26.2 Å². The summed E-state index contributed by atoms with van der Waals surface area (Å²) >= 11 is 6.25. The van der Waals surface area contributed by atoms with Crippen LogP contribution in [-0.2, 0) is 9.59 Å². The molecule has 1 aliphatic heterocycles. The van der Waals surface area contributed by atoms with E-state index in [0.717, 1.165) is 11.8 Å². The molecule has 6 nitrogen and oxygen atoms in total. The monoisotopic (exact) mass is 349 g/mol. The molecule has 23 heavy (non-hydrogen) atoms. The van der Waals surface area contributed by atoms with E-state index in [2.05, 4.69) is 0 Å². The molecule has 0 unspecified atom stereocenters. The van der Waals surface area contributed by atoms with Crippen LogP contribution >= 0.6 is 24.0 Å². The lowest BCUT2D eigenvalue weighted by Crippen LogP contribution is -2.30. The van der Waals surface area contributed by atoms with Crippen LogP contribution in [0.2, 0.25) is 0 Å². The maximum absolute atomic E-state index is 12.3. The third-order valence-electron chi connectivity index (χ3n) is 3.09. The summed E-state index contributed by atoms with van der Waals surface area (Å²) < 4.78 is 11.2. The minimum Gasteiger partial charge on any atom is -0.481 e. The van der Waals surface area contributed by atoms with Gasteiger partial charge in [0.25, 0.3) is 5.91 Å². The first-order chi connectivity index (χ1) is 11.0. The molecule has 2 aromatic heterocycles. The van der Waals surface area contributed by atoms with E-state index in [9.17, 15) is 9.59 Å². The average Bonchev–Trinajstić information content (AvgIpc) is 3.20. The van der Waals surface area contributed by atoms with Gasteiger partial charge in [-0.05, 0) is 24.3 Å². The fraction of sp³-hybridized carbons (Fsp3) is 0.133. The van der Waals surface area contributed by atoms with Crippen molar-refractivity contribution in [1.29, 1.82) is 0 Å². The highest BCUT2D eigenvalue weighted by Gasteiger charge is 2.32. The number of amides is 1. The van der Waals surface area contributed by atoms with Crippen molar-refractivity contribution in [3.8, 4) is 11.5 Å². The third-order valence-corrected chi connectivity index (χ3v) is 4.46. The molecule has 3 heterocycles. The summed E-state index contributed by atoms with van der Waals surface area (Å²) in [6, 6.07) is 7.00. The number of carboxylic acid groups (broad SMARTS) is 1. The predicted octanol–water partition coefficient (Wildman–Crippen LogP) is 3.22. The van der Waals surface area contributed by atoms with Gasteiger partial charge in [-0.25, -0.2) is 0 Å². The van der Waals surface area contributed by atoms with Gasteiger partial charge in [-0.2, -0.15) is 0 Å². The Balaban J connectivity index is 1.77. The number of carboxylic acids is 1. The van der Waals surface area contributed by atoms with Crippen molar-refractivity contribution in [2.75, 3.05) is 6.54 Å². The van der Waals surface area contributed by atoms with Crippen LogP contribution in [0.3, 0.4) is 0 Å². The van der Waals surface area contributed by atoms with Gasteiger partial charge >= 0.3 is 5.97 Å². The van der Waals surface area contributed by atoms with Gasteiger partial charge in [0.2, 0.25) is 0 Å². The quantitative estimate of drug-likeness (QED) is 0.655. The highest BCUT2D eigenvalue weighted by Crippen LogP contribution is 2.33. The van der Waals surface area contributed by atoms with E-state index in [1.807, 2.05) is 0 Å². The normalized spacial score (nSPS) is 16.5. The Morgan fingerprint density at radius 2 is 2.17 bits per heavy atom. The van der Waals surface area contributed by atoms with Crippen LogP contribution in [0, 0.1) is 0 Å². The third kappa shape index (κ3) is 3.38. The molecule has 2 aromatic rings. The number of hydrogen-bond donors (Lipinski definition) is 1. The Morgan fingerprint density at radius 1 is 1.35 bits per heavy atom. The Bertz CT molecular complexity index is 791. The Kier molecular flexibility index (Phi) is 4.35. The SMILES string of the molecule is O=C(O)CCN1C(=O)C(=Cc2ccc(-c3ccco3)o2)SC1=S.